The highest BCUT2D eigenvalue weighted by Gasteiger charge is 2.09. The average Bonchev–Trinajstić information content (AvgIpc) is 2.10. The second-order valence-electron chi connectivity index (χ2n) is 2.80. The molecule has 0 aliphatic heterocycles. The molecule has 72 valence electrons. The Bertz CT molecular complexity index is 564. The van der Waals surface area contributed by atoms with E-state index < -0.39 is 11.4 Å². The third-order valence-corrected chi connectivity index (χ3v) is 2.19. The minimum Gasteiger partial charge on any atom is -0.507 e. The summed E-state index contributed by atoms with van der Waals surface area (Å²) in [5.41, 5.74) is -0.654. The molecule has 1 heterocycles. The maximum absolute atomic E-state index is 13.2. The van der Waals surface area contributed by atoms with Crippen molar-refractivity contribution in [1.82, 2.24) is 4.98 Å². The van der Waals surface area contributed by atoms with Gasteiger partial charge in [-0.2, -0.15) is 0 Å². The maximum atomic E-state index is 13.2. The molecule has 0 saturated heterocycles. The fraction of sp³-hybridized carbons (Fsp3) is 0. The Morgan fingerprint density at radius 1 is 1.43 bits per heavy atom. The second kappa shape index (κ2) is 2.99. The summed E-state index contributed by atoms with van der Waals surface area (Å²) >= 11 is 5.74. The van der Waals surface area contributed by atoms with Gasteiger partial charge in [0.2, 0.25) is 0 Å². The number of aromatic nitrogens is 1. The number of nitrogens with one attached hydrogen (secondary N) is 1. The summed E-state index contributed by atoms with van der Waals surface area (Å²) in [5.74, 6) is -0.953. The van der Waals surface area contributed by atoms with Gasteiger partial charge in [0.1, 0.15) is 11.6 Å². The second-order valence-corrected chi connectivity index (χ2v) is 3.21. The fourth-order valence-electron chi connectivity index (χ4n) is 1.28. The van der Waals surface area contributed by atoms with Crippen LogP contribution in [0.25, 0.3) is 10.9 Å². The number of aromatic amines is 1. The summed E-state index contributed by atoms with van der Waals surface area (Å²) in [5, 5.41) is 9.69. The predicted molar refractivity (Wildman–Crippen MR) is 51.2 cm³/mol. The summed E-state index contributed by atoms with van der Waals surface area (Å²) in [6.07, 6.45) is 0. The lowest BCUT2D eigenvalue weighted by Crippen LogP contribution is -2.04. The minimum atomic E-state index is -0.627. The van der Waals surface area contributed by atoms with E-state index in [0.717, 1.165) is 12.1 Å². The van der Waals surface area contributed by atoms with Crippen LogP contribution in [0.4, 0.5) is 4.39 Å². The van der Waals surface area contributed by atoms with Crippen molar-refractivity contribution in [3.8, 4) is 5.75 Å². The average molecular weight is 214 g/mol. The molecule has 0 bridgehead atoms. The summed E-state index contributed by atoms with van der Waals surface area (Å²) in [7, 11) is 0. The highest BCUT2D eigenvalue weighted by Crippen LogP contribution is 2.29. The van der Waals surface area contributed by atoms with Crippen LogP contribution in [0.1, 0.15) is 0 Å². The number of halogens is 2. The van der Waals surface area contributed by atoms with Crippen LogP contribution in [-0.2, 0) is 0 Å². The minimum absolute atomic E-state index is 0.0810. The van der Waals surface area contributed by atoms with Gasteiger partial charge in [-0.25, -0.2) is 4.39 Å². The SMILES string of the molecule is O=c1cc(O)c2c(Cl)ccc(F)c2[nH]1. The molecule has 0 aliphatic carbocycles. The van der Waals surface area contributed by atoms with E-state index in [4.69, 9.17) is 11.6 Å². The summed E-state index contributed by atoms with van der Waals surface area (Å²) < 4.78 is 13.2. The van der Waals surface area contributed by atoms with E-state index in [-0.39, 0.29) is 21.7 Å². The van der Waals surface area contributed by atoms with Crippen molar-refractivity contribution >= 4 is 22.5 Å². The molecular formula is C9H5ClFNO2. The number of H-pyrrole nitrogens is 1. The molecule has 0 amide bonds. The molecule has 0 fully saturated rings. The molecule has 1 aromatic carbocycles. The quantitative estimate of drug-likeness (QED) is 0.704. The Balaban J connectivity index is 3.07. The zero-order valence-corrected chi connectivity index (χ0v) is 7.60. The Kier molecular flexibility index (Phi) is 1.93. The first-order chi connectivity index (χ1) is 6.59. The number of hydrogen-bond acceptors (Lipinski definition) is 2. The number of pyridine rings is 1. The molecule has 0 spiro atoms. The van der Waals surface area contributed by atoms with E-state index in [9.17, 15) is 14.3 Å². The van der Waals surface area contributed by atoms with Gasteiger partial charge in [0.05, 0.1) is 15.9 Å². The molecule has 0 atom stereocenters. The molecule has 5 heteroatoms. The standard InChI is InChI=1S/C9H5ClFNO2/c10-4-1-2-5(11)9-8(4)6(13)3-7(14)12-9/h1-3H,(H2,12,13,14). The van der Waals surface area contributed by atoms with Gasteiger partial charge in [0, 0.05) is 6.07 Å². The van der Waals surface area contributed by atoms with Crippen molar-refractivity contribution in [2.75, 3.05) is 0 Å². The summed E-state index contributed by atoms with van der Waals surface area (Å²) in [6.45, 7) is 0. The van der Waals surface area contributed by atoms with E-state index in [0.29, 0.717) is 0 Å². The Hall–Kier alpha value is -1.55. The molecule has 0 radical (unpaired) electrons. The number of aromatic hydroxyl groups is 1. The van der Waals surface area contributed by atoms with Gasteiger partial charge in [-0.15, -0.1) is 0 Å². The lowest BCUT2D eigenvalue weighted by Gasteiger charge is -2.03. The molecule has 1 aromatic heterocycles. The molecule has 3 nitrogen and oxygen atoms in total. The Labute approximate surface area is 82.8 Å². The van der Waals surface area contributed by atoms with Crippen LogP contribution in [0.15, 0.2) is 23.0 Å². The van der Waals surface area contributed by atoms with Gasteiger partial charge in [-0.3, -0.25) is 4.79 Å². The molecule has 14 heavy (non-hydrogen) atoms. The summed E-state index contributed by atoms with van der Waals surface area (Å²) in [6, 6.07) is 3.39. The van der Waals surface area contributed by atoms with Crippen LogP contribution in [-0.4, -0.2) is 10.1 Å². The molecule has 2 rings (SSSR count). The predicted octanol–water partition coefficient (Wildman–Crippen LogP) is 2.03. The van der Waals surface area contributed by atoms with Crippen LogP contribution in [0.3, 0.4) is 0 Å². The van der Waals surface area contributed by atoms with Crippen molar-refractivity contribution in [3.05, 3.63) is 39.4 Å². The fourth-order valence-corrected chi connectivity index (χ4v) is 1.53. The van der Waals surface area contributed by atoms with E-state index in [1.807, 2.05) is 0 Å². The normalized spacial score (nSPS) is 10.7. The van der Waals surface area contributed by atoms with Crippen LogP contribution < -0.4 is 5.56 Å². The van der Waals surface area contributed by atoms with Crippen LogP contribution in [0, 0.1) is 5.82 Å². The monoisotopic (exact) mass is 213 g/mol. The third-order valence-electron chi connectivity index (χ3n) is 1.88. The highest BCUT2D eigenvalue weighted by molar-refractivity contribution is 6.35. The van der Waals surface area contributed by atoms with Crippen molar-refractivity contribution < 1.29 is 9.50 Å². The van der Waals surface area contributed by atoms with Crippen LogP contribution in [0.5, 0.6) is 5.75 Å². The van der Waals surface area contributed by atoms with E-state index in [1.54, 1.807) is 0 Å². The smallest absolute Gasteiger partial charge is 0.252 e. The largest absolute Gasteiger partial charge is 0.507 e. The lowest BCUT2D eigenvalue weighted by molar-refractivity contribution is 0.480. The van der Waals surface area contributed by atoms with Crippen molar-refractivity contribution in [3.63, 3.8) is 0 Å². The van der Waals surface area contributed by atoms with Crippen molar-refractivity contribution in [1.29, 1.82) is 0 Å². The van der Waals surface area contributed by atoms with Gasteiger partial charge in [0.15, 0.2) is 0 Å². The Morgan fingerprint density at radius 2 is 2.14 bits per heavy atom. The van der Waals surface area contributed by atoms with Crippen molar-refractivity contribution in [2.24, 2.45) is 0 Å². The van der Waals surface area contributed by atoms with Crippen molar-refractivity contribution in [2.45, 2.75) is 0 Å². The topological polar surface area (TPSA) is 53.1 Å². The van der Waals surface area contributed by atoms with Gasteiger partial charge < -0.3 is 10.1 Å². The first kappa shape index (κ1) is 9.02. The van der Waals surface area contributed by atoms with Gasteiger partial charge in [-0.1, -0.05) is 11.6 Å². The van der Waals surface area contributed by atoms with Crippen LogP contribution in [0.2, 0.25) is 5.02 Å². The van der Waals surface area contributed by atoms with Gasteiger partial charge >= 0.3 is 0 Å². The van der Waals surface area contributed by atoms with Gasteiger partial charge in [0.25, 0.3) is 5.56 Å². The molecular weight excluding hydrogens is 209 g/mol. The summed E-state index contributed by atoms with van der Waals surface area (Å²) in [4.78, 5) is 13.2. The first-order valence-electron chi connectivity index (χ1n) is 3.79. The van der Waals surface area contributed by atoms with E-state index >= 15 is 0 Å². The number of rotatable bonds is 0. The molecule has 0 unspecified atom stereocenters. The molecule has 0 saturated carbocycles. The van der Waals surface area contributed by atoms with E-state index in [2.05, 4.69) is 4.98 Å². The number of benzene rings is 1. The molecule has 0 aliphatic rings. The van der Waals surface area contributed by atoms with E-state index in [1.165, 1.54) is 6.07 Å². The zero-order chi connectivity index (χ0) is 10.3. The zero-order valence-electron chi connectivity index (χ0n) is 6.84. The number of fused-ring (bicyclic) bond motifs is 1. The highest BCUT2D eigenvalue weighted by atomic mass is 35.5. The van der Waals surface area contributed by atoms with Gasteiger partial charge in [-0.05, 0) is 12.1 Å². The molecule has 2 aromatic rings. The number of hydrogen-bond donors (Lipinski definition) is 2. The Morgan fingerprint density at radius 3 is 2.86 bits per heavy atom. The maximum Gasteiger partial charge on any atom is 0.252 e. The molecule has 2 N–H and O–H groups in total. The first-order valence-corrected chi connectivity index (χ1v) is 4.17. The third kappa shape index (κ3) is 1.24. The van der Waals surface area contributed by atoms with Crippen LogP contribution >= 0.6 is 11.6 Å². The lowest BCUT2D eigenvalue weighted by atomic mass is 10.2.